The third-order valence-electron chi connectivity index (χ3n) is 5.49. The maximum absolute atomic E-state index is 13.5. The van der Waals surface area contributed by atoms with E-state index >= 15 is 0 Å². The van der Waals surface area contributed by atoms with Crippen molar-refractivity contribution in [3.05, 3.63) is 89.1 Å². The molecule has 2 amide bonds. The smallest absolute Gasteiger partial charge is 0.283 e. The minimum atomic E-state index is -3.91. The average molecular weight is 551 g/mol. The number of aliphatic imine (C=N–C) groups is 1. The summed E-state index contributed by atoms with van der Waals surface area (Å²) < 4.78 is 28.4. The van der Waals surface area contributed by atoms with E-state index in [1.165, 1.54) is 23.1 Å². The molecule has 0 atom stereocenters. The van der Waals surface area contributed by atoms with Gasteiger partial charge >= 0.3 is 0 Å². The molecule has 3 N–H and O–H groups in total. The van der Waals surface area contributed by atoms with Crippen LogP contribution in [0.1, 0.15) is 16.7 Å². The number of nitrogens with two attached hydrogens (primary N) is 1. The molecule has 0 fully saturated rings. The summed E-state index contributed by atoms with van der Waals surface area (Å²) in [5.74, 6) is -0.0793. The maximum atomic E-state index is 13.5. The highest BCUT2D eigenvalue weighted by Gasteiger charge is 2.32. The lowest BCUT2D eigenvalue weighted by Crippen LogP contribution is -2.31. The number of carbonyl (C=O) groups is 2. The van der Waals surface area contributed by atoms with Crippen molar-refractivity contribution in [1.29, 1.82) is 0 Å². The second-order valence-electron chi connectivity index (χ2n) is 8.59. The van der Waals surface area contributed by atoms with Crippen LogP contribution < -0.4 is 20.1 Å². The first-order chi connectivity index (χ1) is 18.0. The molecule has 3 aromatic carbocycles. The molecule has 3 aromatic rings. The molecule has 1 aliphatic rings. The summed E-state index contributed by atoms with van der Waals surface area (Å²) in [4.78, 5) is 32.1. The van der Waals surface area contributed by atoms with Gasteiger partial charge in [0.15, 0.2) is 5.17 Å². The van der Waals surface area contributed by atoms with Gasteiger partial charge in [-0.15, -0.1) is 0 Å². The van der Waals surface area contributed by atoms with Crippen LogP contribution in [0.25, 0.3) is 6.08 Å². The third-order valence-corrected chi connectivity index (χ3v) is 7.34. The number of methoxy groups -OCH3 is 1. The predicted octanol–water partition coefficient (Wildman–Crippen LogP) is 4.08. The van der Waals surface area contributed by atoms with Crippen molar-refractivity contribution in [2.75, 3.05) is 23.1 Å². The fourth-order valence-electron chi connectivity index (χ4n) is 3.84. The Labute approximate surface area is 225 Å². The van der Waals surface area contributed by atoms with Crippen molar-refractivity contribution >= 4 is 56.2 Å². The summed E-state index contributed by atoms with van der Waals surface area (Å²) in [6.45, 7) is 3.89. The quantitative estimate of drug-likeness (QED) is 0.426. The number of rotatable bonds is 7. The topological polar surface area (TPSA) is 131 Å². The average Bonchev–Trinajstić information content (AvgIpc) is 3.17. The van der Waals surface area contributed by atoms with E-state index in [0.29, 0.717) is 16.6 Å². The first-order valence-corrected chi connectivity index (χ1v) is 14.0. The van der Waals surface area contributed by atoms with Gasteiger partial charge in [-0.05, 0) is 79.1 Å². The summed E-state index contributed by atoms with van der Waals surface area (Å²) in [6, 6.07) is 18.7. The molecule has 0 saturated carbocycles. The fraction of sp³-hybridized carbons (Fsp3) is 0.148. The number of sulfonamides is 1. The number of thioether (sulfide) groups is 1. The highest BCUT2D eigenvalue weighted by atomic mass is 32.2. The lowest BCUT2D eigenvalue weighted by atomic mass is 10.1. The monoisotopic (exact) mass is 550 g/mol. The van der Waals surface area contributed by atoms with Crippen molar-refractivity contribution in [3.63, 3.8) is 0 Å². The Hall–Kier alpha value is -3.93. The second kappa shape index (κ2) is 11.2. The molecule has 0 aliphatic carbocycles. The van der Waals surface area contributed by atoms with Crippen molar-refractivity contribution in [1.82, 2.24) is 0 Å². The molecule has 38 heavy (non-hydrogen) atoms. The molecule has 0 unspecified atom stereocenters. The van der Waals surface area contributed by atoms with Gasteiger partial charge in [0.25, 0.3) is 5.91 Å². The Kier molecular flexibility index (Phi) is 8.00. The SMILES string of the molecule is COc1ccc(/C=C2\N=C(SCC(=O)Nc3cccc(S(N)(=O)=O)c3)N(c3cc(C)cc(C)c3)C2=O)cc1. The zero-order chi connectivity index (χ0) is 27.4. The zero-order valence-corrected chi connectivity index (χ0v) is 22.6. The number of primary sulfonamides is 1. The van der Waals surface area contributed by atoms with Gasteiger partial charge in [-0.1, -0.05) is 36.0 Å². The molecule has 9 nitrogen and oxygen atoms in total. The summed E-state index contributed by atoms with van der Waals surface area (Å²) in [6.07, 6.45) is 1.68. The van der Waals surface area contributed by atoms with Gasteiger partial charge in [-0.2, -0.15) is 0 Å². The van der Waals surface area contributed by atoms with Gasteiger partial charge in [-0.3, -0.25) is 14.5 Å². The standard InChI is InChI=1S/C27H26N4O5S2/c1-17-11-18(2)13-21(12-17)31-26(33)24(14-19-7-9-22(36-3)10-8-19)30-27(31)37-16-25(32)29-20-5-4-6-23(15-20)38(28,34)35/h4-15H,16H2,1-3H3,(H,29,32)(H2,28,34,35)/b24-14-. The molecule has 0 aromatic heterocycles. The second-order valence-corrected chi connectivity index (χ2v) is 11.1. The van der Waals surface area contributed by atoms with E-state index < -0.39 is 15.9 Å². The molecule has 1 heterocycles. The van der Waals surface area contributed by atoms with Crippen molar-refractivity contribution in [2.24, 2.45) is 10.1 Å². The molecule has 4 rings (SSSR count). The van der Waals surface area contributed by atoms with Crippen LogP contribution in [-0.4, -0.2) is 38.3 Å². The number of hydrogen-bond acceptors (Lipinski definition) is 7. The van der Waals surface area contributed by atoms with Crippen molar-refractivity contribution in [2.45, 2.75) is 18.7 Å². The van der Waals surface area contributed by atoms with Gasteiger partial charge in [0.1, 0.15) is 11.4 Å². The maximum Gasteiger partial charge on any atom is 0.283 e. The van der Waals surface area contributed by atoms with Crippen LogP contribution in [-0.2, 0) is 19.6 Å². The van der Waals surface area contributed by atoms with Gasteiger partial charge < -0.3 is 10.1 Å². The lowest BCUT2D eigenvalue weighted by Gasteiger charge is -2.19. The number of nitrogens with zero attached hydrogens (tertiary/aromatic N) is 2. The normalized spacial score (nSPS) is 14.5. The Morgan fingerprint density at radius 2 is 1.76 bits per heavy atom. The minimum absolute atomic E-state index is 0.0666. The Morgan fingerprint density at radius 3 is 2.39 bits per heavy atom. The van der Waals surface area contributed by atoms with E-state index in [2.05, 4.69) is 10.3 Å². The number of amidine groups is 1. The molecule has 196 valence electrons. The predicted molar refractivity (Wildman–Crippen MR) is 151 cm³/mol. The van der Waals surface area contributed by atoms with Gasteiger partial charge in [0.2, 0.25) is 15.9 Å². The first-order valence-electron chi connectivity index (χ1n) is 11.5. The number of anilines is 2. The number of carbonyl (C=O) groups excluding carboxylic acids is 2. The molecular formula is C27H26N4O5S2. The molecule has 0 bridgehead atoms. The Bertz CT molecular complexity index is 1540. The third kappa shape index (κ3) is 6.49. The number of amides is 2. The summed E-state index contributed by atoms with van der Waals surface area (Å²) in [7, 11) is -2.33. The van der Waals surface area contributed by atoms with Crippen LogP contribution in [0.4, 0.5) is 11.4 Å². The van der Waals surface area contributed by atoms with Gasteiger partial charge in [-0.25, -0.2) is 18.5 Å². The van der Waals surface area contributed by atoms with Crippen LogP contribution in [0, 0.1) is 13.8 Å². The highest BCUT2D eigenvalue weighted by molar-refractivity contribution is 8.14. The van der Waals surface area contributed by atoms with E-state index in [1.54, 1.807) is 31.4 Å². The van der Waals surface area contributed by atoms with E-state index in [9.17, 15) is 18.0 Å². The first kappa shape index (κ1) is 27.1. The lowest BCUT2D eigenvalue weighted by molar-refractivity contribution is -0.114. The number of hydrogen-bond donors (Lipinski definition) is 2. The molecule has 0 saturated heterocycles. The van der Waals surface area contributed by atoms with E-state index in [0.717, 1.165) is 28.5 Å². The number of nitrogens with one attached hydrogen (secondary N) is 1. The Morgan fingerprint density at radius 1 is 1.08 bits per heavy atom. The minimum Gasteiger partial charge on any atom is -0.497 e. The molecule has 0 spiro atoms. The summed E-state index contributed by atoms with van der Waals surface area (Å²) >= 11 is 1.10. The van der Waals surface area contributed by atoms with Crippen LogP contribution in [0.3, 0.4) is 0 Å². The van der Waals surface area contributed by atoms with E-state index in [4.69, 9.17) is 9.88 Å². The van der Waals surface area contributed by atoms with Crippen LogP contribution in [0.2, 0.25) is 0 Å². The number of aryl methyl sites for hydroxylation is 2. The van der Waals surface area contributed by atoms with Gasteiger partial charge in [0.05, 0.1) is 23.4 Å². The number of ether oxygens (including phenoxy) is 1. The number of benzene rings is 3. The van der Waals surface area contributed by atoms with Crippen LogP contribution in [0.15, 0.2) is 82.3 Å². The molecule has 0 radical (unpaired) electrons. The van der Waals surface area contributed by atoms with Crippen molar-refractivity contribution < 1.29 is 22.7 Å². The van der Waals surface area contributed by atoms with Crippen LogP contribution >= 0.6 is 11.8 Å². The Balaban J connectivity index is 1.58. The molecular weight excluding hydrogens is 524 g/mol. The summed E-state index contributed by atoms with van der Waals surface area (Å²) in [5.41, 5.74) is 3.92. The summed E-state index contributed by atoms with van der Waals surface area (Å²) in [5, 5.41) is 8.19. The van der Waals surface area contributed by atoms with Crippen LogP contribution in [0.5, 0.6) is 5.75 Å². The van der Waals surface area contributed by atoms with E-state index in [1.807, 2.05) is 44.2 Å². The largest absolute Gasteiger partial charge is 0.497 e. The molecule has 1 aliphatic heterocycles. The zero-order valence-electron chi connectivity index (χ0n) is 21.0. The fourth-order valence-corrected chi connectivity index (χ4v) is 5.21. The molecule has 11 heteroatoms. The van der Waals surface area contributed by atoms with Gasteiger partial charge in [0, 0.05) is 5.69 Å². The van der Waals surface area contributed by atoms with E-state index in [-0.39, 0.29) is 27.9 Å². The highest BCUT2D eigenvalue weighted by Crippen LogP contribution is 2.31. The van der Waals surface area contributed by atoms with Crippen molar-refractivity contribution in [3.8, 4) is 5.75 Å².